The molecule has 1 unspecified atom stereocenters. The molecule has 1 aromatic rings. The first-order chi connectivity index (χ1) is 7.61. The Morgan fingerprint density at radius 1 is 1.35 bits per heavy atom. The van der Waals surface area contributed by atoms with Crippen LogP contribution in [0.1, 0.15) is 12.5 Å². The van der Waals surface area contributed by atoms with Gasteiger partial charge in [0.1, 0.15) is 0 Å². The van der Waals surface area contributed by atoms with Crippen molar-refractivity contribution >= 4 is 34.2 Å². The number of halogens is 2. The zero-order chi connectivity index (χ0) is 12.0. The average molecular weight is 322 g/mol. The Morgan fingerprint density at radius 3 is 2.47 bits per heavy atom. The molecule has 0 saturated heterocycles. The highest BCUT2D eigenvalue weighted by Crippen LogP contribution is 2.10. The number of rotatable bonds is 5. The highest BCUT2D eigenvalue weighted by atomic mass is 79.9. The molecular weight excluding hydrogens is 304 g/mol. The third-order valence-electron chi connectivity index (χ3n) is 2.38. The van der Waals surface area contributed by atoms with Crippen molar-refractivity contribution in [3.8, 4) is 0 Å². The van der Waals surface area contributed by atoms with Crippen molar-refractivity contribution in [1.29, 1.82) is 0 Å². The van der Waals surface area contributed by atoms with E-state index < -0.39 is 0 Å². The molecule has 0 radical (unpaired) electrons. The molecular formula is C12H18BrClN2O. The highest BCUT2D eigenvalue weighted by molar-refractivity contribution is 9.10. The number of amides is 1. The summed E-state index contributed by atoms with van der Waals surface area (Å²) in [5.74, 6) is 0.0597. The van der Waals surface area contributed by atoms with Crippen molar-refractivity contribution in [2.75, 3.05) is 13.6 Å². The number of hydrogen-bond acceptors (Lipinski definition) is 2. The molecule has 0 saturated carbocycles. The van der Waals surface area contributed by atoms with Gasteiger partial charge in [0.05, 0.1) is 6.42 Å². The number of likely N-dealkylation sites (N-methyl/N-ethyl adjacent to an activating group) is 1. The zero-order valence-electron chi connectivity index (χ0n) is 10.00. The molecule has 1 aromatic carbocycles. The Kier molecular flexibility index (Phi) is 8.21. The smallest absolute Gasteiger partial charge is 0.224 e. The van der Waals surface area contributed by atoms with Crippen LogP contribution in [0.15, 0.2) is 28.7 Å². The fourth-order valence-electron chi connectivity index (χ4n) is 1.22. The van der Waals surface area contributed by atoms with Gasteiger partial charge in [-0.2, -0.15) is 0 Å². The average Bonchev–Trinajstić information content (AvgIpc) is 2.29. The highest BCUT2D eigenvalue weighted by Gasteiger charge is 2.04. The van der Waals surface area contributed by atoms with Gasteiger partial charge in [-0.15, -0.1) is 12.4 Å². The second kappa shape index (κ2) is 8.50. The predicted octanol–water partition coefficient (Wildman–Crippen LogP) is 2.14. The monoisotopic (exact) mass is 320 g/mol. The van der Waals surface area contributed by atoms with Crippen molar-refractivity contribution in [1.82, 2.24) is 10.6 Å². The first-order valence-electron chi connectivity index (χ1n) is 5.30. The quantitative estimate of drug-likeness (QED) is 0.872. The van der Waals surface area contributed by atoms with E-state index in [9.17, 15) is 4.79 Å². The van der Waals surface area contributed by atoms with Crippen LogP contribution in [0, 0.1) is 0 Å². The van der Waals surface area contributed by atoms with E-state index in [0.29, 0.717) is 19.0 Å². The van der Waals surface area contributed by atoms with Crippen LogP contribution in [0.3, 0.4) is 0 Å². The lowest BCUT2D eigenvalue weighted by Crippen LogP contribution is -2.37. The molecule has 96 valence electrons. The number of carbonyl (C=O) groups is 1. The Hall–Kier alpha value is -0.580. The van der Waals surface area contributed by atoms with E-state index in [0.717, 1.165) is 10.0 Å². The molecule has 0 bridgehead atoms. The molecule has 3 nitrogen and oxygen atoms in total. The molecule has 1 amide bonds. The third-order valence-corrected chi connectivity index (χ3v) is 2.90. The van der Waals surface area contributed by atoms with Gasteiger partial charge in [-0.25, -0.2) is 0 Å². The minimum atomic E-state index is 0. The van der Waals surface area contributed by atoms with Crippen molar-refractivity contribution in [3.63, 3.8) is 0 Å². The van der Waals surface area contributed by atoms with Crippen LogP contribution < -0.4 is 10.6 Å². The Labute approximate surface area is 117 Å². The minimum Gasteiger partial charge on any atom is -0.354 e. The van der Waals surface area contributed by atoms with Crippen LogP contribution >= 0.6 is 28.3 Å². The first kappa shape index (κ1) is 16.4. The van der Waals surface area contributed by atoms with Crippen LogP contribution in [-0.4, -0.2) is 25.5 Å². The molecule has 1 atom stereocenters. The van der Waals surface area contributed by atoms with E-state index in [4.69, 9.17) is 0 Å². The maximum atomic E-state index is 11.6. The second-order valence-corrected chi connectivity index (χ2v) is 4.71. The lowest BCUT2D eigenvalue weighted by molar-refractivity contribution is -0.120. The molecule has 0 heterocycles. The van der Waals surface area contributed by atoms with Gasteiger partial charge in [0, 0.05) is 17.1 Å². The van der Waals surface area contributed by atoms with E-state index in [-0.39, 0.29) is 18.3 Å². The van der Waals surface area contributed by atoms with Crippen molar-refractivity contribution < 1.29 is 4.79 Å². The van der Waals surface area contributed by atoms with Gasteiger partial charge in [-0.1, -0.05) is 28.1 Å². The Bertz CT molecular complexity index is 343. The van der Waals surface area contributed by atoms with Crippen molar-refractivity contribution in [3.05, 3.63) is 34.3 Å². The van der Waals surface area contributed by atoms with Gasteiger partial charge in [0.25, 0.3) is 0 Å². The normalized spacial score (nSPS) is 11.5. The maximum Gasteiger partial charge on any atom is 0.224 e. The van der Waals surface area contributed by atoms with Gasteiger partial charge >= 0.3 is 0 Å². The summed E-state index contributed by atoms with van der Waals surface area (Å²) in [6.45, 7) is 2.69. The molecule has 1 rings (SSSR count). The van der Waals surface area contributed by atoms with E-state index in [1.165, 1.54) is 0 Å². The van der Waals surface area contributed by atoms with Crippen LogP contribution in [0.5, 0.6) is 0 Å². The third kappa shape index (κ3) is 6.66. The summed E-state index contributed by atoms with van der Waals surface area (Å²) in [6.07, 6.45) is 0.434. The standard InChI is InChI=1S/C12H17BrN2O.ClH/c1-9(14-2)8-15-12(16)7-10-3-5-11(13)6-4-10;/h3-6,9,14H,7-8H2,1-2H3,(H,15,16);1H. The SMILES string of the molecule is CNC(C)CNC(=O)Cc1ccc(Br)cc1.Cl. The van der Waals surface area contributed by atoms with E-state index in [2.05, 4.69) is 26.6 Å². The van der Waals surface area contributed by atoms with Gasteiger partial charge in [-0.05, 0) is 31.7 Å². The molecule has 17 heavy (non-hydrogen) atoms. The lowest BCUT2D eigenvalue weighted by atomic mass is 10.1. The fraction of sp³-hybridized carbons (Fsp3) is 0.417. The molecule has 5 heteroatoms. The molecule has 0 spiro atoms. The maximum absolute atomic E-state index is 11.6. The number of hydrogen-bond donors (Lipinski definition) is 2. The summed E-state index contributed by atoms with van der Waals surface area (Å²) in [7, 11) is 1.88. The fourth-order valence-corrected chi connectivity index (χ4v) is 1.48. The summed E-state index contributed by atoms with van der Waals surface area (Å²) >= 11 is 3.36. The lowest BCUT2D eigenvalue weighted by Gasteiger charge is -2.11. The van der Waals surface area contributed by atoms with E-state index in [1.54, 1.807) is 0 Å². The van der Waals surface area contributed by atoms with E-state index >= 15 is 0 Å². The Morgan fingerprint density at radius 2 is 1.94 bits per heavy atom. The summed E-state index contributed by atoms with van der Waals surface area (Å²) in [5, 5.41) is 5.95. The summed E-state index contributed by atoms with van der Waals surface area (Å²) in [5.41, 5.74) is 1.03. The van der Waals surface area contributed by atoms with Gasteiger partial charge < -0.3 is 10.6 Å². The number of nitrogens with one attached hydrogen (secondary N) is 2. The summed E-state index contributed by atoms with van der Waals surface area (Å²) < 4.78 is 1.03. The van der Waals surface area contributed by atoms with Crippen molar-refractivity contribution in [2.24, 2.45) is 0 Å². The van der Waals surface area contributed by atoms with E-state index in [1.807, 2.05) is 38.2 Å². The second-order valence-electron chi connectivity index (χ2n) is 3.80. The molecule has 0 aromatic heterocycles. The minimum absolute atomic E-state index is 0. The van der Waals surface area contributed by atoms with Gasteiger partial charge in [-0.3, -0.25) is 4.79 Å². The first-order valence-corrected chi connectivity index (χ1v) is 6.09. The van der Waals surface area contributed by atoms with Crippen LogP contribution in [0.25, 0.3) is 0 Å². The zero-order valence-corrected chi connectivity index (χ0v) is 12.4. The number of benzene rings is 1. The largest absolute Gasteiger partial charge is 0.354 e. The topological polar surface area (TPSA) is 41.1 Å². The van der Waals surface area contributed by atoms with Gasteiger partial charge in [0.15, 0.2) is 0 Å². The molecule has 0 fully saturated rings. The molecule has 2 N–H and O–H groups in total. The number of carbonyl (C=O) groups excluding carboxylic acids is 1. The van der Waals surface area contributed by atoms with Gasteiger partial charge in [0.2, 0.25) is 5.91 Å². The Balaban J connectivity index is 0.00000256. The van der Waals surface area contributed by atoms with Crippen LogP contribution in [0.2, 0.25) is 0 Å². The molecule has 0 aliphatic rings. The predicted molar refractivity (Wildman–Crippen MR) is 76.6 cm³/mol. The van der Waals surface area contributed by atoms with Crippen LogP contribution in [0.4, 0.5) is 0 Å². The molecule has 0 aliphatic carbocycles. The summed E-state index contributed by atoms with van der Waals surface area (Å²) in [6, 6.07) is 8.09. The molecule has 0 aliphatic heterocycles. The van der Waals surface area contributed by atoms with Crippen LogP contribution in [-0.2, 0) is 11.2 Å². The summed E-state index contributed by atoms with van der Waals surface area (Å²) in [4.78, 5) is 11.6. The van der Waals surface area contributed by atoms with Crippen molar-refractivity contribution in [2.45, 2.75) is 19.4 Å².